The molecule has 1 amide bonds. The quantitative estimate of drug-likeness (QED) is 0.746. The van der Waals surface area contributed by atoms with Crippen LogP contribution in [0, 0.1) is 6.92 Å². The molecule has 0 saturated heterocycles. The Bertz CT molecular complexity index is 438. The highest BCUT2D eigenvalue weighted by molar-refractivity contribution is 5.97. The van der Waals surface area contributed by atoms with Gasteiger partial charge in [-0.1, -0.05) is 11.6 Å². The van der Waals surface area contributed by atoms with Crippen LogP contribution in [0.3, 0.4) is 0 Å². The molecule has 0 aliphatic rings. The van der Waals surface area contributed by atoms with E-state index in [1.54, 1.807) is 26.2 Å². The fourth-order valence-electron chi connectivity index (χ4n) is 1.31. The van der Waals surface area contributed by atoms with Gasteiger partial charge >= 0.3 is 0 Å². The molecule has 0 aromatic heterocycles. The summed E-state index contributed by atoms with van der Waals surface area (Å²) in [5.74, 6) is 0.249. The van der Waals surface area contributed by atoms with Gasteiger partial charge in [0, 0.05) is 14.1 Å². The normalized spacial score (nSPS) is 9.88. The third kappa shape index (κ3) is 3.59. The zero-order valence-corrected chi connectivity index (χ0v) is 10.6. The minimum atomic E-state index is -0.139. The van der Waals surface area contributed by atoms with Crippen molar-refractivity contribution in [2.24, 2.45) is 0 Å². The molecule has 0 heterocycles. The van der Waals surface area contributed by atoms with Gasteiger partial charge in [-0.25, -0.2) is 0 Å². The van der Waals surface area contributed by atoms with Crippen molar-refractivity contribution in [1.82, 2.24) is 4.90 Å². The van der Waals surface area contributed by atoms with Gasteiger partial charge in [0.2, 0.25) is 0 Å². The first kappa shape index (κ1) is 13.2. The third-order valence-electron chi connectivity index (χ3n) is 2.36. The Morgan fingerprint density at radius 3 is 2.47 bits per heavy atom. The van der Waals surface area contributed by atoms with Crippen molar-refractivity contribution >= 4 is 11.7 Å². The van der Waals surface area contributed by atoms with Gasteiger partial charge in [0.15, 0.2) is 12.4 Å². The van der Waals surface area contributed by atoms with Gasteiger partial charge in [0.25, 0.3) is 5.91 Å². The van der Waals surface area contributed by atoms with E-state index in [2.05, 4.69) is 0 Å². The molecule has 0 fully saturated rings. The van der Waals surface area contributed by atoms with Crippen molar-refractivity contribution in [3.8, 4) is 5.75 Å². The first-order valence-corrected chi connectivity index (χ1v) is 5.36. The largest absolute Gasteiger partial charge is 0.483 e. The van der Waals surface area contributed by atoms with Crippen LogP contribution >= 0.6 is 0 Å². The zero-order valence-electron chi connectivity index (χ0n) is 10.6. The number of nitrogens with zero attached hydrogens (tertiary/aromatic N) is 1. The molecule has 0 aliphatic heterocycles. The van der Waals surface area contributed by atoms with E-state index < -0.39 is 0 Å². The van der Waals surface area contributed by atoms with Gasteiger partial charge in [0.1, 0.15) is 5.75 Å². The molecule has 1 rings (SSSR count). The van der Waals surface area contributed by atoms with E-state index in [0.717, 1.165) is 5.56 Å². The second kappa shape index (κ2) is 5.48. The average molecular weight is 235 g/mol. The number of amides is 1. The fourth-order valence-corrected chi connectivity index (χ4v) is 1.31. The molecule has 1 aromatic carbocycles. The van der Waals surface area contributed by atoms with Crippen molar-refractivity contribution in [1.29, 1.82) is 0 Å². The Hall–Kier alpha value is -1.84. The molecule has 1 aromatic rings. The molecule has 4 nitrogen and oxygen atoms in total. The number of likely N-dealkylation sites (N-methyl/N-ethyl adjacent to an activating group) is 1. The first-order chi connectivity index (χ1) is 7.91. The highest BCUT2D eigenvalue weighted by atomic mass is 16.5. The van der Waals surface area contributed by atoms with E-state index in [1.165, 1.54) is 11.8 Å². The third-order valence-corrected chi connectivity index (χ3v) is 2.36. The Labute approximate surface area is 101 Å². The number of hydrogen-bond donors (Lipinski definition) is 0. The van der Waals surface area contributed by atoms with Gasteiger partial charge < -0.3 is 9.64 Å². The highest BCUT2D eigenvalue weighted by Gasteiger charge is 2.11. The molecular weight excluding hydrogens is 218 g/mol. The lowest BCUT2D eigenvalue weighted by molar-refractivity contribution is -0.130. The standard InChI is InChI=1S/C13H17NO3/c1-9-5-6-12(11(7-9)10(2)15)17-8-13(16)14(3)4/h5-7H,8H2,1-4H3. The maximum atomic E-state index is 11.4. The molecule has 92 valence electrons. The van der Waals surface area contributed by atoms with Crippen LogP contribution in [0.2, 0.25) is 0 Å². The zero-order chi connectivity index (χ0) is 13.0. The Morgan fingerprint density at radius 1 is 1.29 bits per heavy atom. The van der Waals surface area contributed by atoms with Gasteiger partial charge in [-0.3, -0.25) is 9.59 Å². The summed E-state index contributed by atoms with van der Waals surface area (Å²) < 4.78 is 5.36. The van der Waals surface area contributed by atoms with E-state index in [4.69, 9.17) is 4.74 Å². The van der Waals surface area contributed by atoms with Crippen LogP contribution in [-0.2, 0) is 4.79 Å². The summed E-state index contributed by atoms with van der Waals surface area (Å²) in [4.78, 5) is 24.2. The molecule has 0 radical (unpaired) electrons. The molecule has 0 unspecified atom stereocenters. The molecule has 0 aliphatic carbocycles. The summed E-state index contributed by atoms with van der Waals surface area (Å²) in [6, 6.07) is 5.33. The van der Waals surface area contributed by atoms with Crippen LogP contribution in [0.25, 0.3) is 0 Å². The molecular formula is C13H17NO3. The molecule has 0 saturated carbocycles. The minimum absolute atomic E-state index is 0.0592. The number of Topliss-reactive ketones (excluding diaryl/α,β-unsaturated/α-hetero) is 1. The van der Waals surface area contributed by atoms with Crippen LogP contribution in [0.5, 0.6) is 5.75 Å². The van der Waals surface area contributed by atoms with E-state index >= 15 is 0 Å². The highest BCUT2D eigenvalue weighted by Crippen LogP contribution is 2.20. The number of ketones is 1. The first-order valence-electron chi connectivity index (χ1n) is 5.36. The summed E-state index contributed by atoms with van der Waals surface area (Å²) in [6.07, 6.45) is 0. The predicted octanol–water partition coefficient (Wildman–Crippen LogP) is 1.66. The Morgan fingerprint density at radius 2 is 1.94 bits per heavy atom. The van der Waals surface area contributed by atoms with Gasteiger partial charge in [-0.2, -0.15) is 0 Å². The van der Waals surface area contributed by atoms with E-state index in [-0.39, 0.29) is 18.3 Å². The number of carbonyl (C=O) groups is 2. The van der Waals surface area contributed by atoms with Crippen LogP contribution < -0.4 is 4.74 Å². The van der Waals surface area contributed by atoms with Crippen LogP contribution in [0.15, 0.2) is 18.2 Å². The summed E-state index contributed by atoms with van der Waals surface area (Å²) in [5, 5.41) is 0. The smallest absolute Gasteiger partial charge is 0.259 e. The molecule has 0 atom stereocenters. The summed E-state index contributed by atoms with van der Waals surface area (Å²) in [7, 11) is 3.32. The molecule has 17 heavy (non-hydrogen) atoms. The summed E-state index contributed by atoms with van der Waals surface area (Å²) >= 11 is 0. The second-order valence-corrected chi connectivity index (χ2v) is 4.13. The maximum Gasteiger partial charge on any atom is 0.259 e. The van der Waals surface area contributed by atoms with Gasteiger partial charge in [-0.05, 0) is 26.0 Å². The van der Waals surface area contributed by atoms with E-state index in [0.29, 0.717) is 11.3 Å². The fraction of sp³-hybridized carbons (Fsp3) is 0.385. The van der Waals surface area contributed by atoms with Crippen molar-refractivity contribution < 1.29 is 14.3 Å². The van der Waals surface area contributed by atoms with Crippen molar-refractivity contribution in [3.63, 3.8) is 0 Å². The molecule has 4 heteroatoms. The van der Waals surface area contributed by atoms with Crippen molar-refractivity contribution in [2.75, 3.05) is 20.7 Å². The number of carbonyl (C=O) groups excluding carboxylic acids is 2. The summed E-state index contributed by atoms with van der Waals surface area (Å²) in [6.45, 7) is 3.33. The SMILES string of the molecule is CC(=O)c1cc(C)ccc1OCC(=O)N(C)C. The average Bonchev–Trinajstić information content (AvgIpc) is 2.26. The van der Waals surface area contributed by atoms with Crippen LogP contribution in [0.4, 0.5) is 0 Å². The van der Waals surface area contributed by atoms with Crippen molar-refractivity contribution in [2.45, 2.75) is 13.8 Å². The lowest BCUT2D eigenvalue weighted by Crippen LogP contribution is -2.27. The maximum absolute atomic E-state index is 11.4. The number of ether oxygens (including phenoxy) is 1. The van der Waals surface area contributed by atoms with Crippen LogP contribution in [-0.4, -0.2) is 37.3 Å². The number of hydrogen-bond acceptors (Lipinski definition) is 3. The van der Waals surface area contributed by atoms with Crippen molar-refractivity contribution in [3.05, 3.63) is 29.3 Å². The van der Waals surface area contributed by atoms with E-state index in [1.807, 2.05) is 13.0 Å². The molecule has 0 spiro atoms. The predicted molar refractivity (Wildman–Crippen MR) is 65.4 cm³/mol. The van der Waals surface area contributed by atoms with Gasteiger partial charge in [0.05, 0.1) is 5.56 Å². The second-order valence-electron chi connectivity index (χ2n) is 4.13. The lowest BCUT2D eigenvalue weighted by Gasteiger charge is -2.13. The van der Waals surface area contributed by atoms with Crippen LogP contribution in [0.1, 0.15) is 22.8 Å². The summed E-state index contributed by atoms with van der Waals surface area (Å²) in [5.41, 5.74) is 1.50. The molecule has 0 bridgehead atoms. The number of aryl methyl sites for hydroxylation is 1. The Kier molecular flexibility index (Phi) is 4.26. The number of rotatable bonds is 4. The minimum Gasteiger partial charge on any atom is -0.483 e. The van der Waals surface area contributed by atoms with Gasteiger partial charge in [-0.15, -0.1) is 0 Å². The monoisotopic (exact) mass is 235 g/mol. The number of benzene rings is 1. The van der Waals surface area contributed by atoms with E-state index in [9.17, 15) is 9.59 Å². The topological polar surface area (TPSA) is 46.6 Å². The molecule has 0 N–H and O–H groups in total. The lowest BCUT2D eigenvalue weighted by atomic mass is 10.1. The Balaban J connectivity index is 2.84.